The minimum atomic E-state index is -1.03. The third-order valence-corrected chi connectivity index (χ3v) is 3.73. The van der Waals surface area contributed by atoms with Gasteiger partial charge in [0.25, 0.3) is 0 Å². The average molecular weight is 315 g/mol. The Morgan fingerprint density at radius 3 is 2.39 bits per heavy atom. The molecule has 5 nitrogen and oxygen atoms in total. The van der Waals surface area contributed by atoms with Crippen molar-refractivity contribution in [2.75, 3.05) is 0 Å². The molecule has 122 valence electrons. The second kappa shape index (κ2) is 7.63. The van der Waals surface area contributed by atoms with Crippen molar-refractivity contribution in [1.82, 2.24) is 5.32 Å². The van der Waals surface area contributed by atoms with Crippen molar-refractivity contribution >= 4 is 11.9 Å². The molecule has 0 fully saturated rings. The van der Waals surface area contributed by atoms with Gasteiger partial charge in [-0.25, -0.2) is 4.79 Å². The van der Waals surface area contributed by atoms with Crippen molar-refractivity contribution in [3.8, 4) is 0 Å². The molecular formula is C18H21NO4. The zero-order valence-corrected chi connectivity index (χ0v) is 13.4. The Labute approximate surface area is 135 Å². The fourth-order valence-corrected chi connectivity index (χ4v) is 2.32. The molecule has 0 radical (unpaired) electrons. The first-order valence-corrected chi connectivity index (χ1v) is 7.66. The number of carboxylic acids is 1. The number of hydrogen-bond donors (Lipinski definition) is 2. The lowest BCUT2D eigenvalue weighted by Crippen LogP contribution is -2.22. The maximum Gasteiger partial charge on any atom is 0.339 e. The van der Waals surface area contributed by atoms with Crippen LogP contribution in [-0.4, -0.2) is 17.0 Å². The van der Waals surface area contributed by atoms with Gasteiger partial charge < -0.3 is 14.8 Å². The fourth-order valence-electron chi connectivity index (χ4n) is 2.32. The summed E-state index contributed by atoms with van der Waals surface area (Å²) in [5.41, 5.74) is 2.53. The molecule has 0 saturated carbocycles. The van der Waals surface area contributed by atoms with Crippen LogP contribution in [0.2, 0.25) is 0 Å². The van der Waals surface area contributed by atoms with Gasteiger partial charge in [0.1, 0.15) is 17.1 Å². The Balaban J connectivity index is 1.80. The van der Waals surface area contributed by atoms with Gasteiger partial charge >= 0.3 is 5.97 Å². The van der Waals surface area contributed by atoms with Gasteiger partial charge in [0.2, 0.25) is 5.91 Å². The van der Waals surface area contributed by atoms with Gasteiger partial charge in [-0.2, -0.15) is 0 Å². The number of aromatic carboxylic acids is 1. The van der Waals surface area contributed by atoms with Gasteiger partial charge in [0, 0.05) is 6.42 Å². The van der Waals surface area contributed by atoms with E-state index in [4.69, 9.17) is 9.52 Å². The summed E-state index contributed by atoms with van der Waals surface area (Å²) >= 11 is 0. The molecule has 1 aromatic carbocycles. The van der Waals surface area contributed by atoms with Gasteiger partial charge in [-0.1, -0.05) is 31.2 Å². The van der Waals surface area contributed by atoms with Crippen LogP contribution in [0.4, 0.5) is 0 Å². The Kier molecular flexibility index (Phi) is 5.57. The molecule has 0 saturated heterocycles. The number of nitrogens with one attached hydrogen (secondary N) is 1. The highest BCUT2D eigenvalue weighted by molar-refractivity contribution is 5.88. The molecule has 2 aromatic rings. The summed E-state index contributed by atoms with van der Waals surface area (Å²) in [6.45, 7) is 3.89. The lowest BCUT2D eigenvalue weighted by Gasteiger charge is -2.04. The summed E-state index contributed by atoms with van der Waals surface area (Å²) in [7, 11) is 0. The van der Waals surface area contributed by atoms with E-state index in [1.807, 2.05) is 12.1 Å². The third-order valence-electron chi connectivity index (χ3n) is 3.73. The van der Waals surface area contributed by atoms with Gasteiger partial charge in [0.05, 0.1) is 6.54 Å². The van der Waals surface area contributed by atoms with Crippen LogP contribution in [0.5, 0.6) is 0 Å². The average Bonchev–Trinajstić information content (AvgIpc) is 2.92. The van der Waals surface area contributed by atoms with Gasteiger partial charge in [-0.05, 0) is 37.0 Å². The molecule has 0 atom stereocenters. The van der Waals surface area contributed by atoms with E-state index in [9.17, 15) is 9.59 Å². The first-order valence-electron chi connectivity index (χ1n) is 7.66. The first-order chi connectivity index (χ1) is 11.0. The molecule has 0 bridgehead atoms. The molecule has 1 aromatic heterocycles. The van der Waals surface area contributed by atoms with Crippen LogP contribution in [-0.2, 0) is 24.2 Å². The number of benzene rings is 1. The SMILES string of the molecule is CCc1ccc(CCC(=O)NCc2cc(C(=O)O)c(C)o2)cc1. The van der Waals surface area contributed by atoms with Crippen molar-refractivity contribution in [2.45, 2.75) is 39.7 Å². The Hall–Kier alpha value is -2.56. The maximum absolute atomic E-state index is 11.9. The molecule has 1 heterocycles. The van der Waals surface area contributed by atoms with Crippen LogP contribution in [0.25, 0.3) is 0 Å². The van der Waals surface area contributed by atoms with Crippen molar-refractivity contribution in [3.05, 3.63) is 58.5 Å². The summed E-state index contributed by atoms with van der Waals surface area (Å²) < 4.78 is 5.32. The molecule has 0 spiro atoms. The summed E-state index contributed by atoms with van der Waals surface area (Å²) in [5, 5.41) is 11.7. The van der Waals surface area contributed by atoms with E-state index in [0.29, 0.717) is 24.4 Å². The van der Waals surface area contributed by atoms with Crippen molar-refractivity contribution < 1.29 is 19.1 Å². The fraction of sp³-hybridized carbons (Fsp3) is 0.333. The standard InChI is InChI=1S/C18H21NO4/c1-3-13-4-6-14(7-5-13)8-9-17(20)19-11-15-10-16(18(21)22)12(2)23-15/h4-7,10H,3,8-9,11H2,1-2H3,(H,19,20)(H,21,22). The highest BCUT2D eigenvalue weighted by Gasteiger charge is 2.14. The van der Waals surface area contributed by atoms with E-state index in [0.717, 1.165) is 12.0 Å². The minimum absolute atomic E-state index is 0.0875. The van der Waals surface area contributed by atoms with Crippen LogP contribution in [0, 0.1) is 6.92 Å². The summed E-state index contributed by atoms with van der Waals surface area (Å²) in [6, 6.07) is 9.68. The molecule has 23 heavy (non-hydrogen) atoms. The number of hydrogen-bond acceptors (Lipinski definition) is 3. The molecule has 2 rings (SSSR count). The van der Waals surface area contributed by atoms with Gasteiger partial charge in [0.15, 0.2) is 0 Å². The summed E-state index contributed by atoms with van der Waals surface area (Å²) in [6.07, 6.45) is 2.06. The number of rotatable bonds is 7. The minimum Gasteiger partial charge on any atom is -0.478 e. The molecule has 5 heteroatoms. The van der Waals surface area contributed by atoms with E-state index in [2.05, 4.69) is 24.4 Å². The van der Waals surface area contributed by atoms with E-state index >= 15 is 0 Å². The van der Waals surface area contributed by atoms with Crippen LogP contribution >= 0.6 is 0 Å². The number of carboxylic acid groups (broad SMARTS) is 1. The van der Waals surface area contributed by atoms with Gasteiger partial charge in [-0.15, -0.1) is 0 Å². The second-order valence-corrected chi connectivity index (χ2v) is 5.43. The zero-order chi connectivity index (χ0) is 16.8. The van der Waals surface area contributed by atoms with E-state index in [1.54, 1.807) is 6.92 Å². The Morgan fingerprint density at radius 2 is 1.83 bits per heavy atom. The van der Waals surface area contributed by atoms with Crippen LogP contribution < -0.4 is 5.32 Å². The smallest absolute Gasteiger partial charge is 0.339 e. The predicted molar refractivity (Wildman–Crippen MR) is 86.4 cm³/mol. The van der Waals surface area contributed by atoms with Crippen molar-refractivity contribution in [3.63, 3.8) is 0 Å². The quantitative estimate of drug-likeness (QED) is 0.823. The molecule has 0 unspecified atom stereocenters. The number of amides is 1. The summed E-state index contributed by atoms with van der Waals surface area (Å²) in [4.78, 5) is 22.8. The van der Waals surface area contributed by atoms with Crippen molar-refractivity contribution in [1.29, 1.82) is 0 Å². The van der Waals surface area contributed by atoms with Crippen LogP contribution in [0.1, 0.15) is 46.3 Å². The molecule has 1 amide bonds. The van der Waals surface area contributed by atoms with E-state index in [-0.39, 0.29) is 18.0 Å². The predicted octanol–water partition coefficient (Wildman–Crippen LogP) is 3.10. The van der Waals surface area contributed by atoms with Crippen molar-refractivity contribution in [2.24, 2.45) is 0 Å². The van der Waals surface area contributed by atoms with E-state index in [1.165, 1.54) is 11.6 Å². The largest absolute Gasteiger partial charge is 0.478 e. The van der Waals surface area contributed by atoms with Crippen LogP contribution in [0.3, 0.4) is 0 Å². The molecule has 0 aliphatic carbocycles. The lowest BCUT2D eigenvalue weighted by molar-refractivity contribution is -0.121. The van der Waals surface area contributed by atoms with Gasteiger partial charge in [-0.3, -0.25) is 4.79 Å². The summed E-state index contributed by atoms with van der Waals surface area (Å²) in [5.74, 6) is -0.326. The molecule has 2 N–H and O–H groups in total. The third kappa shape index (κ3) is 4.71. The lowest BCUT2D eigenvalue weighted by atomic mass is 10.1. The molecular weight excluding hydrogens is 294 g/mol. The highest BCUT2D eigenvalue weighted by Crippen LogP contribution is 2.14. The maximum atomic E-state index is 11.9. The molecule has 0 aliphatic rings. The monoisotopic (exact) mass is 315 g/mol. The van der Waals surface area contributed by atoms with Crippen LogP contribution in [0.15, 0.2) is 34.7 Å². The topological polar surface area (TPSA) is 79.5 Å². The second-order valence-electron chi connectivity index (χ2n) is 5.43. The number of furan rings is 1. The van der Waals surface area contributed by atoms with E-state index < -0.39 is 5.97 Å². The first kappa shape index (κ1) is 16.8. The number of carbonyl (C=O) groups excluding carboxylic acids is 1. The Morgan fingerprint density at radius 1 is 1.17 bits per heavy atom. The normalized spacial score (nSPS) is 10.5. The molecule has 0 aliphatic heterocycles. The number of aryl methyl sites for hydroxylation is 3. The Bertz CT molecular complexity index is 686. The highest BCUT2D eigenvalue weighted by atomic mass is 16.4. The number of carbonyl (C=O) groups is 2. The zero-order valence-electron chi connectivity index (χ0n) is 13.4.